The van der Waals surface area contributed by atoms with Gasteiger partial charge in [0, 0.05) is 9.35 Å². The number of benzene rings is 1. The Bertz CT molecular complexity index is 504. The molecule has 1 N–H and O–H groups in total. The lowest BCUT2D eigenvalue weighted by Gasteiger charge is -2.16. The van der Waals surface area contributed by atoms with E-state index in [1.165, 1.54) is 39.7 Å². The van der Waals surface area contributed by atoms with Gasteiger partial charge in [-0.25, -0.2) is 0 Å². The molecule has 0 spiro atoms. The maximum atomic E-state index is 3.62. The monoisotopic (exact) mass is 337 g/mol. The van der Waals surface area contributed by atoms with Gasteiger partial charge in [-0.2, -0.15) is 0 Å². The fraction of sp³-hybridized carbons (Fsp3) is 0.375. The van der Waals surface area contributed by atoms with Gasteiger partial charge in [0.05, 0.1) is 6.04 Å². The number of aryl methyl sites for hydroxylation is 1. The van der Waals surface area contributed by atoms with Gasteiger partial charge in [-0.1, -0.05) is 37.6 Å². The van der Waals surface area contributed by atoms with Crippen molar-refractivity contribution in [1.82, 2.24) is 5.32 Å². The Labute approximate surface area is 128 Å². The Morgan fingerprint density at radius 1 is 1.21 bits per heavy atom. The summed E-state index contributed by atoms with van der Waals surface area (Å²) in [5.74, 6) is 0. The number of halogens is 1. The first-order chi connectivity index (χ1) is 9.26. The van der Waals surface area contributed by atoms with Crippen molar-refractivity contribution in [3.63, 3.8) is 0 Å². The third-order valence-electron chi connectivity index (χ3n) is 3.33. The normalized spacial score (nSPS) is 12.6. The molecule has 0 saturated heterocycles. The van der Waals surface area contributed by atoms with E-state index in [0.717, 1.165) is 0 Å². The highest BCUT2D eigenvalue weighted by Crippen LogP contribution is 2.33. The Morgan fingerprint density at radius 2 is 1.95 bits per heavy atom. The minimum atomic E-state index is 0.273. The topological polar surface area (TPSA) is 12.0 Å². The summed E-state index contributed by atoms with van der Waals surface area (Å²) in [7, 11) is 2.02. The number of unbranched alkanes of at least 4 members (excludes halogenated alkanes) is 1. The van der Waals surface area contributed by atoms with E-state index in [0.29, 0.717) is 0 Å². The van der Waals surface area contributed by atoms with Crippen LogP contribution in [-0.2, 0) is 6.42 Å². The standard InChI is InChI=1S/C16H20BrNS/c1-3-4-5-12-6-8-13(9-7-12)15(18-2)16-14(17)10-11-19-16/h6-11,15,18H,3-5H2,1-2H3. The van der Waals surface area contributed by atoms with Crippen molar-refractivity contribution in [2.24, 2.45) is 0 Å². The fourth-order valence-corrected chi connectivity index (χ4v) is 3.96. The number of hydrogen-bond donors (Lipinski definition) is 1. The number of thiophene rings is 1. The van der Waals surface area contributed by atoms with Gasteiger partial charge in [-0.3, -0.25) is 0 Å². The third kappa shape index (κ3) is 3.68. The van der Waals surface area contributed by atoms with E-state index in [4.69, 9.17) is 0 Å². The molecule has 0 bridgehead atoms. The molecule has 2 aromatic rings. The van der Waals surface area contributed by atoms with Gasteiger partial charge in [-0.05, 0) is 58.4 Å². The summed E-state index contributed by atoms with van der Waals surface area (Å²) in [6, 6.07) is 11.4. The lowest BCUT2D eigenvalue weighted by Crippen LogP contribution is -2.16. The lowest BCUT2D eigenvalue weighted by molar-refractivity contribution is 0.700. The smallest absolute Gasteiger partial charge is 0.0680 e. The van der Waals surface area contributed by atoms with Crippen LogP contribution in [0.3, 0.4) is 0 Å². The summed E-state index contributed by atoms with van der Waals surface area (Å²) < 4.78 is 1.19. The summed E-state index contributed by atoms with van der Waals surface area (Å²) in [6.07, 6.45) is 3.71. The molecule has 1 heterocycles. The first-order valence-electron chi connectivity index (χ1n) is 6.75. The van der Waals surface area contributed by atoms with Crippen molar-refractivity contribution in [3.05, 3.63) is 56.2 Å². The molecular weight excluding hydrogens is 318 g/mol. The van der Waals surface area contributed by atoms with Gasteiger partial charge >= 0.3 is 0 Å². The molecule has 1 aromatic carbocycles. The van der Waals surface area contributed by atoms with Gasteiger partial charge in [-0.15, -0.1) is 11.3 Å². The third-order valence-corrected chi connectivity index (χ3v) is 5.26. The van der Waals surface area contributed by atoms with Crippen molar-refractivity contribution in [1.29, 1.82) is 0 Å². The molecule has 102 valence electrons. The maximum absolute atomic E-state index is 3.62. The van der Waals surface area contributed by atoms with E-state index in [1.807, 2.05) is 7.05 Å². The second-order valence-corrected chi connectivity index (χ2v) is 6.50. The summed E-state index contributed by atoms with van der Waals surface area (Å²) in [4.78, 5) is 1.34. The molecule has 1 nitrogen and oxygen atoms in total. The maximum Gasteiger partial charge on any atom is 0.0680 e. The quantitative estimate of drug-likeness (QED) is 0.767. The zero-order valence-corrected chi connectivity index (χ0v) is 13.9. The molecule has 0 aliphatic carbocycles. The summed E-state index contributed by atoms with van der Waals surface area (Å²) in [6.45, 7) is 2.24. The Balaban J connectivity index is 2.18. The van der Waals surface area contributed by atoms with Crippen LogP contribution >= 0.6 is 27.3 Å². The van der Waals surface area contributed by atoms with E-state index in [-0.39, 0.29) is 6.04 Å². The van der Waals surface area contributed by atoms with Gasteiger partial charge in [0.25, 0.3) is 0 Å². The van der Waals surface area contributed by atoms with Gasteiger partial charge in [0.2, 0.25) is 0 Å². The lowest BCUT2D eigenvalue weighted by atomic mass is 10.0. The number of hydrogen-bond acceptors (Lipinski definition) is 2. The Morgan fingerprint density at radius 3 is 2.47 bits per heavy atom. The highest BCUT2D eigenvalue weighted by atomic mass is 79.9. The highest BCUT2D eigenvalue weighted by molar-refractivity contribution is 9.10. The number of nitrogens with one attached hydrogen (secondary N) is 1. The second-order valence-electron chi connectivity index (χ2n) is 4.70. The zero-order valence-electron chi connectivity index (χ0n) is 11.4. The molecule has 0 aliphatic heterocycles. The molecule has 0 amide bonds. The zero-order chi connectivity index (χ0) is 13.7. The molecule has 3 heteroatoms. The minimum Gasteiger partial charge on any atom is -0.309 e. The molecule has 1 aromatic heterocycles. The van der Waals surface area contributed by atoms with Crippen molar-refractivity contribution in [3.8, 4) is 0 Å². The molecule has 1 atom stereocenters. The van der Waals surface area contributed by atoms with Crippen LogP contribution in [-0.4, -0.2) is 7.05 Å². The van der Waals surface area contributed by atoms with Crippen LogP contribution in [0.25, 0.3) is 0 Å². The van der Waals surface area contributed by atoms with E-state index in [9.17, 15) is 0 Å². The van der Waals surface area contributed by atoms with Crippen LogP contribution in [0.5, 0.6) is 0 Å². The van der Waals surface area contributed by atoms with Crippen LogP contribution < -0.4 is 5.32 Å². The van der Waals surface area contributed by atoms with Crippen LogP contribution in [0.15, 0.2) is 40.2 Å². The molecule has 0 aliphatic rings. The van der Waals surface area contributed by atoms with Crippen LogP contribution in [0.2, 0.25) is 0 Å². The molecular formula is C16H20BrNS. The van der Waals surface area contributed by atoms with Gasteiger partial charge < -0.3 is 5.32 Å². The molecule has 0 radical (unpaired) electrons. The first-order valence-corrected chi connectivity index (χ1v) is 8.42. The van der Waals surface area contributed by atoms with Crippen molar-refractivity contribution in [2.75, 3.05) is 7.05 Å². The predicted octanol–water partition coefficient (Wildman–Crippen LogP) is 5.16. The molecule has 0 saturated carbocycles. The van der Waals surface area contributed by atoms with E-state index in [2.05, 4.69) is 63.9 Å². The van der Waals surface area contributed by atoms with Gasteiger partial charge in [0.1, 0.15) is 0 Å². The molecule has 0 fully saturated rings. The van der Waals surface area contributed by atoms with Crippen LogP contribution in [0.4, 0.5) is 0 Å². The van der Waals surface area contributed by atoms with Crippen LogP contribution in [0.1, 0.15) is 41.8 Å². The van der Waals surface area contributed by atoms with Crippen molar-refractivity contribution >= 4 is 27.3 Å². The average Bonchev–Trinajstić information content (AvgIpc) is 2.85. The second kappa shape index (κ2) is 7.22. The summed E-state index contributed by atoms with van der Waals surface area (Å²) in [5.41, 5.74) is 2.76. The van der Waals surface area contributed by atoms with E-state index in [1.54, 1.807) is 11.3 Å². The first kappa shape index (κ1) is 14.8. The highest BCUT2D eigenvalue weighted by Gasteiger charge is 2.15. The average molecular weight is 338 g/mol. The van der Waals surface area contributed by atoms with Crippen molar-refractivity contribution < 1.29 is 0 Å². The van der Waals surface area contributed by atoms with E-state index >= 15 is 0 Å². The Hall–Kier alpha value is -0.640. The largest absolute Gasteiger partial charge is 0.309 e. The van der Waals surface area contributed by atoms with Crippen LogP contribution in [0, 0.1) is 0 Å². The molecule has 19 heavy (non-hydrogen) atoms. The number of rotatable bonds is 6. The summed E-state index contributed by atoms with van der Waals surface area (Å²) in [5, 5.41) is 5.53. The minimum absolute atomic E-state index is 0.273. The van der Waals surface area contributed by atoms with Crippen molar-refractivity contribution in [2.45, 2.75) is 32.2 Å². The fourth-order valence-electron chi connectivity index (χ4n) is 2.22. The molecule has 1 unspecified atom stereocenters. The molecule has 2 rings (SSSR count). The summed E-state index contributed by atoms with van der Waals surface area (Å²) >= 11 is 5.41. The predicted molar refractivity (Wildman–Crippen MR) is 88.0 cm³/mol. The Kier molecular flexibility index (Phi) is 5.61. The van der Waals surface area contributed by atoms with Gasteiger partial charge in [0.15, 0.2) is 0 Å². The van der Waals surface area contributed by atoms with E-state index < -0.39 is 0 Å². The SMILES string of the molecule is CCCCc1ccc(C(NC)c2sccc2Br)cc1.